The fourth-order valence-electron chi connectivity index (χ4n) is 2.14. The number of rotatable bonds is 2. The van der Waals surface area contributed by atoms with Gasteiger partial charge < -0.3 is 15.6 Å². The van der Waals surface area contributed by atoms with E-state index in [9.17, 15) is 9.59 Å². The van der Waals surface area contributed by atoms with Crippen LogP contribution in [-0.2, 0) is 4.74 Å². The number of aromatic nitrogens is 3. The monoisotopic (exact) mass is 397 g/mol. The molecule has 0 radical (unpaired) electrons. The zero-order valence-corrected chi connectivity index (χ0v) is 16.5. The van der Waals surface area contributed by atoms with Gasteiger partial charge in [0.1, 0.15) is 22.1 Å². The van der Waals surface area contributed by atoms with Crippen LogP contribution in [0.1, 0.15) is 50.4 Å². The Morgan fingerprint density at radius 2 is 2.00 bits per heavy atom. The molecule has 0 aliphatic heterocycles. The van der Waals surface area contributed by atoms with E-state index in [1.807, 2.05) is 0 Å². The Balaban J connectivity index is 0.000000451. The summed E-state index contributed by atoms with van der Waals surface area (Å²) in [4.78, 5) is 28.8. The number of carbonyl (C=O) groups is 2. The molecule has 2 aromatic heterocycles. The van der Waals surface area contributed by atoms with Crippen LogP contribution in [0.2, 0.25) is 5.15 Å². The number of ether oxygens (including phenoxy) is 1. The van der Waals surface area contributed by atoms with Crippen molar-refractivity contribution in [1.82, 2.24) is 14.6 Å². The Kier molecular flexibility index (Phi) is 6.27. The number of amides is 2. The average Bonchev–Trinajstić information content (AvgIpc) is 2.94. The lowest BCUT2D eigenvalue weighted by molar-refractivity contribution is 0.0587. The fourth-order valence-corrected chi connectivity index (χ4v) is 2.32. The van der Waals surface area contributed by atoms with E-state index >= 15 is 0 Å². The minimum absolute atomic E-state index is 0.0648. The third-order valence-corrected chi connectivity index (χ3v) is 3.97. The SMILES string of the molecule is CN(C(=O)OC(C)(C)C)c1cc(Cl)nc2c(C(N)=O)cnn12.OC1CCC1. The molecule has 10 heteroatoms. The Hall–Kier alpha value is -2.39. The Bertz CT molecular complexity index is 842. The summed E-state index contributed by atoms with van der Waals surface area (Å²) < 4.78 is 6.59. The first kappa shape index (κ1) is 20.9. The van der Waals surface area contributed by atoms with Crippen molar-refractivity contribution in [1.29, 1.82) is 0 Å². The fraction of sp³-hybridized carbons (Fsp3) is 0.529. The predicted octanol–water partition coefficient (Wildman–Crippen LogP) is 2.38. The molecule has 1 aliphatic rings. The van der Waals surface area contributed by atoms with Gasteiger partial charge >= 0.3 is 6.09 Å². The number of fused-ring (bicyclic) bond motifs is 1. The van der Waals surface area contributed by atoms with Crippen LogP contribution in [0.5, 0.6) is 0 Å². The van der Waals surface area contributed by atoms with Gasteiger partial charge in [0.05, 0.1) is 12.3 Å². The molecule has 9 nitrogen and oxygen atoms in total. The van der Waals surface area contributed by atoms with Gasteiger partial charge in [0.25, 0.3) is 5.91 Å². The summed E-state index contributed by atoms with van der Waals surface area (Å²) in [6.07, 6.45) is 4.07. The molecule has 1 fully saturated rings. The molecule has 2 aromatic rings. The van der Waals surface area contributed by atoms with Crippen molar-refractivity contribution in [3.05, 3.63) is 23.0 Å². The van der Waals surface area contributed by atoms with E-state index in [1.54, 1.807) is 20.8 Å². The number of carbonyl (C=O) groups excluding carboxylic acids is 2. The van der Waals surface area contributed by atoms with E-state index in [4.69, 9.17) is 27.2 Å². The summed E-state index contributed by atoms with van der Waals surface area (Å²) in [5, 5.41) is 12.6. The van der Waals surface area contributed by atoms with Crippen LogP contribution in [0.25, 0.3) is 5.65 Å². The number of halogens is 1. The second kappa shape index (κ2) is 8.10. The molecule has 0 unspecified atom stereocenters. The second-order valence-electron chi connectivity index (χ2n) is 7.22. The van der Waals surface area contributed by atoms with E-state index in [1.165, 1.54) is 35.1 Å². The largest absolute Gasteiger partial charge is 0.443 e. The molecule has 3 rings (SSSR count). The zero-order chi connectivity index (χ0) is 20.4. The van der Waals surface area contributed by atoms with Gasteiger partial charge in [0.2, 0.25) is 0 Å². The minimum atomic E-state index is -0.685. The molecule has 0 spiro atoms. The number of nitrogens with two attached hydrogens (primary N) is 1. The van der Waals surface area contributed by atoms with Crippen molar-refractivity contribution in [2.45, 2.75) is 51.7 Å². The number of nitrogens with zero attached hydrogens (tertiary/aromatic N) is 4. The first-order valence-corrected chi connectivity index (χ1v) is 8.86. The van der Waals surface area contributed by atoms with Crippen LogP contribution < -0.4 is 10.6 Å². The third kappa shape index (κ3) is 5.30. The van der Waals surface area contributed by atoms with E-state index < -0.39 is 17.6 Å². The van der Waals surface area contributed by atoms with Gasteiger partial charge in [-0.15, -0.1) is 0 Å². The summed E-state index contributed by atoms with van der Waals surface area (Å²) in [6.45, 7) is 5.27. The van der Waals surface area contributed by atoms with E-state index in [0.29, 0.717) is 5.82 Å². The first-order chi connectivity index (χ1) is 12.5. The maximum atomic E-state index is 12.2. The van der Waals surface area contributed by atoms with Gasteiger partial charge in [-0.3, -0.25) is 9.69 Å². The maximum absolute atomic E-state index is 12.2. The number of aliphatic hydroxyl groups excluding tert-OH is 1. The van der Waals surface area contributed by atoms with Gasteiger partial charge in [-0.05, 0) is 40.0 Å². The summed E-state index contributed by atoms with van der Waals surface area (Å²) in [6, 6.07) is 1.44. The first-order valence-electron chi connectivity index (χ1n) is 8.48. The minimum Gasteiger partial charge on any atom is -0.443 e. The highest BCUT2D eigenvalue weighted by molar-refractivity contribution is 6.30. The highest BCUT2D eigenvalue weighted by atomic mass is 35.5. The second-order valence-corrected chi connectivity index (χ2v) is 7.61. The van der Waals surface area contributed by atoms with Crippen molar-refractivity contribution >= 4 is 35.1 Å². The van der Waals surface area contributed by atoms with Crippen molar-refractivity contribution < 1.29 is 19.4 Å². The maximum Gasteiger partial charge on any atom is 0.415 e. The summed E-state index contributed by atoms with van der Waals surface area (Å²) in [7, 11) is 1.50. The molecular weight excluding hydrogens is 374 g/mol. The molecule has 0 saturated heterocycles. The lowest BCUT2D eigenvalue weighted by Gasteiger charge is -2.24. The summed E-state index contributed by atoms with van der Waals surface area (Å²) in [5.41, 5.74) is 4.90. The van der Waals surface area contributed by atoms with Gasteiger partial charge in [0.15, 0.2) is 5.65 Å². The predicted molar refractivity (Wildman–Crippen MR) is 101 cm³/mol. The molecule has 2 amide bonds. The summed E-state index contributed by atoms with van der Waals surface area (Å²) >= 11 is 5.96. The summed E-state index contributed by atoms with van der Waals surface area (Å²) in [5.74, 6) is -0.382. The van der Waals surface area contributed by atoms with E-state index in [0.717, 1.165) is 12.8 Å². The lowest BCUT2D eigenvalue weighted by atomic mass is 9.97. The molecule has 1 saturated carbocycles. The number of primary amides is 1. The molecule has 0 bridgehead atoms. The highest BCUT2D eigenvalue weighted by Crippen LogP contribution is 2.23. The zero-order valence-electron chi connectivity index (χ0n) is 15.8. The lowest BCUT2D eigenvalue weighted by Crippen LogP contribution is -2.35. The number of hydrogen-bond acceptors (Lipinski definition) is 6. The normalized spacial score (nSPS) is 14.1. The van der Waals surface area contributed by atoms with Gasteiger partial charge in [0, 0.05) is 13.1 Å². The number of aliphatic hydroxyl groups is 1. The molecule has 1 aliphatic carbocycles. The van der Waals surface area contributed by atoms with Crippen LogP contribution in [-0.4, -0.2) is 50.5 Å². The average molecular weight is 398 g/mol. The van der Waals surface area contributed by atoms with Crippen molar-refractivity contribution in [3.63, 3.8) is 0 Å². The highest BCUT2D eigenvalue weighted by Gasteiger charge is 2.24. The van der Waals surface area contributed by atoms with Crippen molar-refractivity contribution in [2.24, 2.45) is 5.73 Å². The van der Waals surface area contributed by atoms with Gasteiger partial charge in [-0.25, -0.2) is 9.78 Å². The number of hydrogen-bond donors (Lipinski definition) is 2. The van der Waals surface area contributed by atoms with Crippen molar-refractivity contribution in [2.75, 3.05) is 11.9 Å². The van der Waals surface area contributed by atoms with Gasteiger partial charge in [-0.2, -0.15) is 9.61 Å². The van der Waals surface area contributed by atoms with Crippen LogP contribution in [0.3, 0.4) is 0 Å². The molecule has 148 valence electrons. The van der Waals surface area contributed by atoms with Crippen molar-refractivity contribution in [3.8, 4) is 0 Å². The van der Waals surface area contributed by atoms with Crippen LogP contribution in [0, 0.1) is 0 Å². The Morgan fingerprint density at radius 1 is 1.41 bits per heavy atom. The molecule has 3 N–H and O–H groups in total. The quantitative estimate of drug-likeness (QED) is 0.750. The Morgan fingerprint density at radius 3 is 2.44 bits per heavy atom. The molecular formula is C17H24ClN5O4. The number of anilines is 1. The molecule has 0 atom stereocenters. The van der Waals surface area contributed by atoms with E-state index in [2.05, 4.69) is 10.1 Å². The van der Waals surface area contributed by atoms with Crippen LogP contribution in [0.15, 0.2) is 12.3 Å². The van der Waals surface area contributed by atoms with E-state index in [-0.39, 0.29) is 22.5 Å². The molecule has 2 heterocycles. The third-order valence-electron chi connectivity index (χ3n) is 3.77. The standard InChI is InChI=1S/C13H16ClN5O3.C4H8O/c1-13(2,3)22-12(21)18(4)9-5-8(14)17-11-7(10(15)20)6-16-19(9)11;5-4-2-1-3-4/h5-6H,1-4H3,(H2,15,20);4-5H,1-3H2. The van der Waals surface area contributed by atoms with Crippen LogP contribution in [0.4, 0.5) is 10.6 Å². The molecule has 27 heavy (non-hydrogen) atoms. The van der Waals surface area contributed by atoms with Gasteiger partial charge in [-0.1, -0.05) is 11.6 Å². The molecule has 0 aromatic carbocycles. The van der Waals surface area contributed by atoms with Crippen LogP contribution >= 0.6 is 11.6 Å². The Labute approximate surface area is 162 Å². The topological polar surface area (TPSA) is 123 Å². The smallest absolute Gasteiger partial charge is 0.415 e.